The van der Waals surface area contributed by atoms with E-state index in [0.29, 0.717) is 55.0 Å². The number of carbonyl (C=O) groups excluding carboxylic acids is 2. The molecule has 1 amide bonds. The van der Waals surface area contributed by atoms with Crippen molar-refractivity contribution < 1.29 is 14.3 Å². The molecule has 1 fully saturated rings. The van der Waals surface area contributed by atoms with E-state index in [9.17, 15) is 14.4 Å². The van der Waals surface area contributed by atoms with Crippen molar-refractivity contribution in [3.8, 4) is 0 Å². The highest BCUT2D eigenvalue weighted by atomic mass is 16.5. The van der Waals surface area contributed by atoms with Gasteiger partial charge in [0.25, 0.3) is 0 Å². The first-order chi connectivity index (χ1) is 15.4. The third-order valence-electron chi connectivity index (χ3n) is 5.55. The Morgan fingerprint density at radius 1 is 1.22 bits per heavy atom. The van der Waals surface area contributed by atoms with Gasteiger partial charge in [0.2, 0.25) is 11.6 Å². The number of esters is 1. The van der Waals surface area contributed by atoms with E-state index in [1.165, 1.54) is 9.08 Å². The molecule has 3 heterocycles. The van der Waals surface area contributed by atoms with Crippen LogP contribution in [-0.4, -0.2) is 56.8 Å². The molecule has 1 saturated heterocycles. The zero-order valence-corrected chi connectivity index (χ0v) is 18.6. The topological polar surface area (TPSA) is 111 Å². The first-order valence-corrected chi connectivity index (χ1v) is 11.0. The van der Waals surface area contributed by atoms with Gasteiger partial charge < -0.3 is 15.0 Å². The van der Waals surface area contributed by atoms with Crippen LogP contribution in [0, 0.1) is 5.92 Å². The number of carbonyl (C=O) groups is 2. The summed E-state index contributed by atoms with van der Waals surface area (Å²) < 4.78 is 7.85. The van der Waals surface area contributed by atoms with E-state index < -0.39 is 0 Å². The lowest BCUT2D eigenvalue weighted by Gasteiger charge is -2.31. The molecule has 0 unspecified atom stereocenters. The van der Waals surface area contributed by atoms with Gasteiger partial charge >= 0.3 is 11.7 Å². The number of rotatable bonds is 6. The zero-order chi connectivity index (χ0) is 22.8. The maximum absolute atomic E-state index is 13.2. The van der Waals surface area contributed by atoms with Crippen LogP contribution in [-0.2, 0) is 20.9 Å². The number of benzene rings is 1. The molecule has 1 aliphatic heterocycles. The summed E-state index contributed by atoms with van der Waals surface area (Å²) in [5.41, 5.74) is 1.31. The second kappa shape index (κ2) is 8.97. The number of fused-ring (bicyclic) bond motifs is 3. The maximum Gasteiger partial charge on any atom is 0.351 e. The van der Waals surface area contributed by atoms with Gasteiger partial charge in [-0.15, -0.1) is 5.10 Å². The van der Waals surface area contributed by atoms with Gasteiger partial charge in [-0.05, 0) is 45.7 Å². The van der Waals surface area contributed by atoms with Crippen molar-refractivity contribution in [3.63, 3.8) is 0 Å². The number of amides is 1. The standard InChI is InChI=1S/C22H28N6O4/c1-4-32-21(30)15-9-11-26(12-10-15)19-20-25-27(13-18(29)23-14(2)3)22(31)28(20)17-8-6-5-7-16(17)24-19/h5-8,14-15H,4,9-13H2,1-3H3,(H,23,29). The van der Waals surface area contributed by atoms with Gasteiger partial charge in [0.1, 0.15) is 6.54 Å². The van der Waals surface area contributed by atoms with Crippen LogP contribution in [0.15, 0.2) is 29.1 Å². The van der Waals surface area contributed by atoms with Crippen LogP contribution < -0.4 is 15.9 Å². The summed E-state index contributed by atoms with van der Waals surface area (Å²) in [6.07, 6.45) is 1.28. The van der Waals surface area contributed by atoms with E-state index in [0.717, 1.165) is 0 Å². The minimum Gasteiger partial charge on any atom is -0.466 e. The molecule has 0 bridgehead atoms. The minimum absolute atomic E-state index is 0.0333. The van der Waals surface area contributed by atoms with E-state index in [1.54, 1.807) is 6.92 Å². The molecule has 3 aromatic rings. The summed E-state index contributed by atoms with van der Waals surface area (Å²) in [4.78, 5) is 44.4. The fraction of sp³-hybridized carbons (Fsp3) is 0.500. The van der Waals surface area contributed by atoms with Gasteiger partial charge in [-0.1, -0.05) is 12.1 Å². The molecule has 1 N–H and O–H groups in total. The lowest BCUT2D eigenvalue weighted by atomic mass is 9.97. The van der Waals surface area contributed by atoms with E-state index >= 15 is 0 Å². The molecular formula is C22H28N6O4. The van der Waals surface area contributed by atoms with Crippen molar-refractivity contribution >= 4 is 34.4 Å². The molecule has 0 saturated carbocycles. The van der Waals surface area contributed by atoms with Crippen molar-refractivity contribution in [2.24, 2.45) is 5.92 Å². The van der Waals surface area contributed by atoms with Crippen LogP contribution in [0.2, 0.25) is 0 Å². The Morgan fingerprint density at radius 3 is 2.62 bits per heavy atom. The molecular weight excluding hydrogens is 412 g/mol. The molecule has 32 heavy (non-hydrogen) atoms. The lowest BCUT2D eigenvalue weighted by Crippen LogP contribution is -2.37. The van der Waals surface area contributed by atoms with Gasteiger partial charge in [-0.2, -0.15) is 0 Å². The van der Waals surface area contributed by atoms with Gasteiger partial charge in [0.15, 0.2) is 5.82 Å². The van der Waals surface area contributed by atoms with Crippen LogP contribution in [0.5, 0.6) is 0 Å². The van der Waals surface area contributed by atoms with Crippen molar-refractivity contribution in [2.75, 3.05) is 24.6 Å². The Labute approximate surface area is 185 Å². The van der Waals surface area contributed by atoms with Crippen LogP contribution in [0.1, 0.15) is 33.6 Å². The highest BCUT2D eigenvalue weighted by molar-refractivity contribution is 5.83. The molecule has 0 atom stereocenters. The van der Waals surface area contributed by atoms with Crippen molar-refractivity contribution in [1.82, 2.24) is 24.5 Å². The Bertz CT molecular complexity index is 1210. The molecule has 1 aliphatic rings. The minimum atomic E-state index is -0.389. The lowest BCUT2D eigenvalue weighted by molar-refractivity contribution is -0.148. The van der Waals surface area contributed by atoms with Crippen molar-refractivity contribution in [1.29, 1.82) is 0 Å². The van der Waals surface area contributed by atoms with Crippen LogP contribution >= 0.6 is 0 Å². The number of hydrogen-bond donors (Lipinski definition) is 1. The summed E-state index contributed by atoms with van der Waals surface area (Å²) in [7, 11) is 0. The van der Waals surface area contributed by atoms with E-state index in [4.69, 9.17) is 9.72 Å². The number of anilines is 1. The van der Waals surface area contributed by atoms with Crippen LogP contribution in [0.4, 0.5) is 5.82 Å². The van der Waals surface area contributed by atoms with E-state index in [-0.39, 0.29) is 36.1 Å². The quantitative estimate of drug-likeness (QED) is 0.576. The predicted octanol–water partition coefficient (Wildman–Crippen LogP) is 1.35. The maximum atomic E-state index is 13.2. The molecule has 0 aliphatic carbocycles. The molecule has 10 heteroatoms. The zero-order valence-electron chi connectivity index (χ0n) is 18.6. The summed E-state index contributed by atoms with van der Waals surface area (Å²) >= 11 is 0. The number of nitrogens with zero attached hydrogens (tertiary/aromatic N) is 5. The van der Waals surface area contributed by atoms with Crippen molar-refractivity contribution in [3.05, 3.63) is 34.7 Å². The number of ether oxygens (including phenoxy) is 1. The van der Waals surface area contributed by atoms with Crippen LogP contribution in [0.3, 0.4) is 0 Å². The number of nitrogens with one attached hydrogen (secondary N) is 1. The summed E-state index contributed by atoms with van der Waals surface area (Å²) in [6, 6.07) is 7.33. The molecule has 0 radical (unpaired) electrons. The van der Waals surface area contributed by atoms with Gasteiger partial charge in [0, 0.05) is 19.1 Å². The van der Waals surface area contributed by atoms with Gasteiger partial charge in [-0.25, -0.2) is 18.9 Å². The highest BCUT2D eigenvalue weighted by Gasteiger charge is 2.29. The SMILES string of the molecule is CCOC(=O)C1CCN(c2nc3ccccc3n3c(=O)n(CC(=O)NC(C)C)nc23)CC1. The number of piperidine rings is 1. The monoisotopic (exact) mass is 440 g/mol. The number of hydrogen-bond acceptors (Lipinski definition) is 7. The Kier molecular flexibility index (Phi) is 6.11. The molecule has 4 rings (SSSR count). The van der Waals surface area contributed by atoms with Gasteiger partial charge in [0.05, 0.1) is 23.6 Å². The molecule has 10 nitrogen and oxygen atoms in total. The van der Waals surface area contributed by atoms with Crippen molar-refractivity contribution in [2.45, 2.75) is 46.2 Å². The average molecular weight is 441 g/mol. The summed E-state index contributed by atoms with van der Waals surface area (Å²) in [5.74, 6) is -0.00622. The second-order valence-corrected chi connectivity index (χ2v) is 8.26. The number of para-hydroxylation sites is 2. The second-order valence-electron chi connectivity index (χ2n) is 8.26. The fourth-order valence-corrected chi connectivity index (χ4v) is 4.09. The summed E-state index contributed by atoms with van der Waals surface area (Å²) in [5, 5.41) is 7.26. The van der Waals surface area contributed by atoms with E-state index in [2.05, 4.69) is 10.4 Å². The van der Waals surface area contributed by atoms with E-state index in [1.807, 2.05) is 43.0 Å². The Balaban J connectivity index is 1.72. The molecule has 1 aromatic carbocycles. The first kappa shape index (κ1) is 21.8. The normalized spacial score (nSPS) is 14.9. The molecule has 170 valence electrons. The third kappa shape index (κ3) is 4.17. The average Bonchev–Trinajstić information content (AvgIpc) is 3.09. The predicted molar refractivity (Wildman–Crippen MR) is 120 cm³/mol. The van der Waals surface area contributed by atoms with Crippen LogP contribution in [0.25, 0.3) is 16.7 Å². The summed E-state index contributed by atoms with van der Waals surface area (Å²) in [6.45, 7) is 6.92. The largest absolute Gasteiger partial charge is 0.466 e. The highest BCUT2D eigenvalue weighted by Crippen LogP contribution is 2.27. The smallest absolute Gasteiger partial charge is 0.351 e. The third-order valence-corrected chi connectivity index (χ3v) is 5.55. The number of aromatic nitrogens is 4. The fourth-order valence-electron chi connectivity index (χ4n) is 4.09. The van der Waals surface area contributed by atoms with Gasteiger partial charge in [-0.3, -0.25) is 9.59 Å². The Hall–Kier alpha value is -3.43. The molecule has 2 aromatic heterocycles. The molecule has 0 spiro atoms. The first-order valence-electron chi connectivity index (χ1n) is 11.0. The Morgan fingerprint density at radius 2 is 1.94 bits per heavy atom.